The Hall–Kier alpha value is -1.50. The van der Waals surface area contributed by atoms with E-state index in [2.05, 4.69) is 9.59 Å². The van der Waals surface area contributed by atoms with Crippen molar-refractivity contribution in [2.45, 2.75) is 26.2 Å². The number of hydrogen-bond donors (Lipinski definition) is 1. The summed E-state index contributed by atoms with van der Waals surface area (Å²) in [5.41, 5.74) is 0.697. The lowest BCUT2D eigenvalue weighted by molar-refractivity contribution is -0.143. The van der Waals surface area contributed by atoms with Crippen LogP contribution in [-0.4, -0.2) is 44.6 Å². The van der Waals surface area contributed by atoms with Gasteiger partial charge in [-0.3, -0.25) is 9.59 Å². The molecule has 2 heterocycles. The van der Waals surface area contributed by atoms with E-state index < -0.39 is 11.9 Å². The first-order valence-electron chi connectivity index (χ1n) is 5.96. The largest absolute Gasteiger partial charge is 0.481 e. The summed E-state index contributed by atoms with van der Waals surface area (Å²) in [6, 6.07) is 0. The zero-order valence-corrected chi connectivity index (χ0v) is 10.9. The van der Waals surface area contributed by atoms with Gasteiger partial charge in [0, 0.05) is 13.1 Å². The van der Waals surface area contributed by atoms with Crippen molar-refractivity contribution in [1.82, 2.24) is 14.5 Å². The molecule has 0 aliphatic carbocycles. The lowest BCUT2D eigenvalue weighted by Crippen LogP contribution is -2.42. The highest BCUT2D eigenvalue weighted by molar-refractivity contribution is 7.08. The number of carbonyl (C=O) groups excluding carboxylic acids is 1. The molecule has 1 atom stereocenters. The molecule has 0 radical (unpaired) electrons. The van der Waals surface area contributed by atoms with Crippen molar-refractivity contribution >= 4 is 23.4 Å². The second kappa shape index (κ2) is 5.43. The van der Waals surface area contributed by atoms with Crippen LogP contribution in [0, 0.1) is 5.92 Å². The van der Waals surface area contributed by atoms with Gasteiger partial charge in [0.15, 0.2) is 0 Å². The summed E-state index contributed by atoms with van der Waals surface area (Å²) in [7, 11) is 0. The molecule has 2 rings (SSSR count). The fourth-order valence-electron chi connectivity index (χ4n) is 2.11. The lowest BCUT2D eigenvalue weighted by atomic mass is 9.98. The molecule has 0 bridgehead atoms. The topological polar surface area (TPSA) is 83.4 Å². The van der Waals surface area contributed by atoms with Gasteiger partial charge in [-0.05, 0) is 30.8 Å². The Morgan fingerprint density at radius 2 is 2.33 bits per heavy atom. The molecule has 98 valence electrons. The fourth-order valence-corrected chi connectivity index (χ4v) is 2.83. The summed E-state index contributed by atoms with van der Waals surface area (Å²) in [5, 5.41) is 12.9. The van der Waals surface area contributed by atoms with Gasteiger partial charge < -0.3 is 10.0 Å². The van der Waals surface area contributed by atoms with E-state index >= 15 is 0 Å². The molecule has 0 spiro atoms. The van der Waals surface area contributed by atoms with Crippen LogP contribution in [0.25, 0.3) is 0 Å². The third-order valence-corrected chi connectivity index (χ3v) is 3.90. The van der Waals surface area contributed by atoms with Crippen LogP contribution >= 0.6 is 11.5 Å². The first kappa shape index (κ1) is 12.9. The average Bonchev–Trinajstić information content (AvgIpc) is 2.86. The molecule has 0 aromatic carbocycles. The number of carbonyl (C=O) groups is 2. The van der Waals surface area contributed by atoms with Crippen molar-refractivity contribution in [3.8, 4) is 0 Å². The Bertz CT molecular complexity index is 460. The second-order valence-corrected chi connectivity index (χ2v) is 5.08. The predicted molar refractivity (Wildman–Crippen MR) is 65.6 cm³/mol. The third kappa shape index (κ3) is 2.50. The highest BCUT2D eigenvalue weighted by Gasteiger charge is 2.30. The summed E-state index contributed by atoms with van der Waals surface area (Å²) < 4.78 is 3.79. The minimum Gasteiger partial charge on any atom is -0.481 e. The molecule has 0 unspecified atom stereocenters. The molecular formula is C11H15N3O3S. The highest BCUT2D eigenvalue weighted by atomic mass is 32.1. The average molecular weight is 269 g/mol. The number of aryl methyl sites for hydroxylation is 1. The molecule has 1 aromatic rings. The number of amides is 1. The van der Waals surface area contributed by atoms with E-state index in [-0.39, 0.29) is 12.5 Å². The second-order valence-electron chi connectivity index (χ2n) is 4.33. The van der Waals surface area contributed by atoms with Crippen molar-refractivity contribution in [3.05, 3.63) is 10.6 Å². The summed E-state index contributed by atoms with van der Waals surface area (Å²) in [5.74, 6) is -1.41. The molecule has 1 saturated heterocycles. The number of piperidine rings is 1. The number of carboxylic acid groups (broad SMARTS) is 1. The molecule has 6 nitrogen and oxygen atoms in total. The Morgan fingerprint density at radius 1 is 1.56 bits per heavy atom. The SMILES string of the molecule is CCc1nnsc1C(=O)N1CCC[C@H](C(=O)O)C1. The predicted octanol–water partition coefficient (Wildman–Crippen LogP) is 1.04. The van der Waals surface area contributed by atoms with Crippen LogP contribution in [0.4, 0.5) is 0 Å². The van der Waals surface area contributed by atoms with Crippen LogP contribution in [0.2, 0.25) is 0 Å². The van der Waals surface area contributed by atoms with Crippen LogP contribution in [0.5, 0.6) is 0 Å². The van der Waals surface area contributed by atoms with Gasteiger partial charge in [0.05, 0.1) is 11.6 Å². The van der Waals surface area contributed by atoms with Gasteiger partial charge in [0.2, 0.25) is 0 Å². The van der Waals surface area contributed by atoms with E-state index in [4.69, 9.17) is 5.11 Å². The number of aliphatic carboxylic acids is 1. The fraction of sp³-hybridized carbons (Fsp3) is 0.636. The smallest absolute Gasteiger partial charge is 0.308 e. The van der Waals surface area contributed by atoms with Crippen LogP contribution in [0.1, 0.15) is 35.1 Å². The van der Waals surface area contributed by atoms with Gasteiger partial charge in [0.1, 0.15) is 4.88 Å². The zero-order valence-electron chi connectivity index (χ0n) is 10.1. The molecule has 1 fully saturated rings. The Morgan fingerprint density at radius 3 is 3.00 bits per heavy atom. The summed E-state index contributed by atoms with van der Waals surface area (Å²) in [6.07, 6.45) is 2.03. The van der Waals surface area contributed by atoms with Crippen molar-refractivity contribution in [3.63, 3.8) is 0 Å². The number of nitrogens with zero attached hydrogens (tertiary/aromatic N) is 3. The van der Waals surface area contributed by atoms with E-state index in [1.807, 2.05) is 6.92 Å². The van der Waals surface area contributed by atoms with Gasteiger partial charge >= 0.3 is 5.97 Å². The van der Waals surface area contributed by atoms with Crippen LogP contribution in [-0.2, 0) is 11.2 Å². The number of carboxylic acids is 1. The van der Waals surface area contributed by atoms with Crippen molar-refractivity contribution in [2.24, 2.45) is 5.92 Å². The van der Waals surface area contributed by atoms with Crippen LogP contribution in [0.15, 0.2) is 0 Å². The molecule has 1 aromatic heterocycles. The summed E-state index contributed by atoms with van der Waals surface area (Å²) >= 11 is 1.09. The van der Waals surface area contributed by atoms with E-state index in [0.717, 1.165) is 18.0 Å². The van der Waals surface area contributed by atoms with E-state index in [1.54, 1.807) is 4.90 Å². The van der Waals surface area contributed by atoms with E-state index in [9.17, 15) is 9.59 Å². The molecule has 1 aliphatic heterocycles. The number of rotatable bonds is 3. The van der Waals surface area contributed by atoms with E-state index in [1.165, 1.54) is 0 Å². The number of likely N-dealkylation sites (tertiary alicyclic amines) is 1. The quantitative estimate of drug-likeness (QED) is 0.886. The zero-order chi connectivity index (χ0) is 13.1. The molecule has 7 heteroatoms. The maximum atomic E-state index is 12.3. The van der Waals surface area contributed by atoms with Gasteiger partial charge in [-0.25, -0.2) is 0 Å². The molecule has 1 amide bonds. The van der Waals surface area contributed by atoms with Gasteiger partial charge in [-0.2, -0.15) is 0 Å². The minimum absolute atomic E-state index is 0.132. The monoisotopic (exact) mass is 269 g/mol. The first-order valence-corrected chi connectivity index (χ1v) is 6.74. The molecular weight excluding hydrogens is 254 g/mol. The Labute approximate surface area is 109 Å². The molecule has 1 N–H and O–H groups in total. The van der Waals surface area contributed by atoms with Crippen LogP contribution < -0.4 is 0 Å². The van der Waals surface area contributed by atoms with Crippen molar-refractivity contribution in [2.75, 3.05) is 13.1 Å². The van der Waals surface area contributed by atoms with Crippen molar-refractivity contribution < 1.29 is 14.7 Å². The third-order valence-electron chi connectivity index (χ3n) is 3.14. The highest BCUT2D eigenvalue weighted by Crippen LogP contribution is 2.21. The minimum atomic E-state index is -0.828. The normalized spacial score (nSPS) is 19.8. The lowest BCUT2D eigenvalue weighted by Gasteiger charge is -2.30. The first-order chi connectivity index (χ1) is 8.63. The molecule has 0 saturated carbocycles. The number of hydrogen-bond acceptors (Lipinski definition) is 5. The van der Waals surface area contributed by atoms with Crippen molar-refractivity contribution in [1.29, 1.82) is 0 Å². The maximum absolute atomic E-state index is 12.3. The van der Waals surface area contributed by atoms with Gasteiger partial charge in [0.25, 0.3) is 5.91 Å². The molecule has 18 heavy (non-hydrogen) atoms. The maximum Gasteiger partial charge on any atom is 0.308 e. The summed E-state index contributed by atoms with van der Waals surface area (Å²) in [4.78, 5) is 25.4. The summed E-state index contributed by atoms with van der Waals surface area (Å²) in [6.45, 7) is 2.82. The standard InChI is InChI=1S/C11H15N3O3S/c1-2-8-9(18-13-12-8)10(15)14-5-3-4-7(6-14)11(16)17/h7H,2-6H2,1H3,(H,16,17)/t7-/m0/s1. The van der Waals surface area contributed by atoms with Gasteiger partial charge in [-0.1, -0.05) is 11.4 Å². The van der Waals surface area contributed by atoms with E-state index in [0.29, 0.717) is 30.0 Å². The van der Waals surface area contributed by atoms with Crippen LogP contribution in [0.3, 0.4) is 0 Å². The Balaban J connectivity index is 2.11. The van der Waals surface area contributed by atoms with Gasteiger partial charge in [-0.15, -0.1) is 5.10 Å². The Kier molecular flexibility index (Phi) is 3.90. The molecule has 1 aliphatic rings. The number of aromatic nitrogens is 2.